The van der Waals surface area contributed by atoms with Crippen LogP contribution in [-0.2, 0) is 11.3 Å². The molecule has 0 saturated carbocycles. The van der Waals surface area contributed by atoms with Crippen molar-refractivity contribution < 1.29 is 14.0 Å². The minimum atomic E-state index is -0.373. The van der Waals surface area contributed by atoms with Crippen LogP contribution in [0, 0.1) is 0 Å². The number of carbonyl (C=O) groups is 2. The molecule has 6 heteroatoms. The Morgan fingerprint density at radius 2 is 1.67 bits per heavy atom. The highest BCUT2D eigenvalue weighted by atomic mass is 16.3. The van der Waals surface area contributed by atoms with E-state index in [1.165, 1.54) is 6.26 Å². The van der Waals surface area contributed by atoms with Crippen molar-refractivity contribution in [2.75, 3.05) is 18.4 Å². The monoisotopic (exact) mass is 403 g/mol. The molecule has 30 heavy (non-hydrogen) atoms. The molecule has 0 unspecified atom stereocenters. The summed E-state index contributed by atoms with van der Waals surface area (Å²) in [6, 6.07) is 20.3. The van der Waals surface area contributed by atoms with E-state index in [1.807, 2.05) is 59.5 Å². The van der Waals surface area contributed by atoms with Crippen molar-refractivity contribution in [1.82, 2.24) is 10.2 Å². The minimum Gasteiger partial charge on any atom is -0.459 e. The fourth-order valence-electron chi connectivity index (χ4n) is 3.64. The van der Waals surface area contributed by atoms with E-state index in [2.05, 4.69) is 10.6 Å². The van der Waals surface area contributed by atoms with Gasteiger partial charge in [0, 0.05) is 25.3 Å². The molecular weight excluding hydrogens is 378 g/mol. The molecule has 1 aromatic heterocycles. The standard InChI is InChI=1S/C24H25N3O3/c28-23(21-9-6-16-30-21)26-20-12-10-18(11-13-20)17-25-22(19-7-2-1-3-8-19)24(29)27-14-4-5-15-27/h1-3,6-13,16,22,25H,4-5,14-15,17H2,(H,26,28)/t22-/m0/s1. The molecule has 1 aliphatic heterocycles. The first-order chi connectivity index (χ1) is 14.7. The third-order valence-corrected chi connectivity index (χ3v) is 5.26. The first-order valence-corrected chi connectivity index (χ1v) is 10.2. The Hall–Kier alpha value is -3.38. The lowest BCUT2D eigenvalue weighted by Gasteiger charge is -2.24. The second-order valence-electron chi connectivity index (χ2n) is 7.39. The number of carbonyl (C=O) groups excluding carboxylic acids is 2. The molecule has 1 aliphatic rings. The highest BCUT2D eigenvalue weighted by Gasteiger charge is 2.27. The number of anilines is 1. The molecule has 1 atom stereocenters. The van der Waals surface area contributed by atoms with Gasteiger partial charge < -0.3 is 14.6 Å². The van der Waals surface area contributed by atoms with Gasteiger partial charge in [0.1, 0.15) is 6.04 Å². The SMILES string of the molecule is O=C(Nc1ccc(CN[C@H](C(=O)N2CCCC2)c2ccccc2)cc1)c1ccco1. The second-order valence-corrected chi connectivity index (χ2v) is 7.39. The number of nitrogens with one attached hydrogen (secondary N) is 2. The van der Waals surface area contributed by atoms with Gasteiger partial charge in [0.15, 0.2) is 5.76 Å². The Morgan fingerprint density at radius 3 is 2.33 bits per heavy atom. The molecule has 3 aromatic rings. The van der Waals surface area contributed by atoms with Gasteiger partial charge in [-0.3, -0.25) is 14.9 Å². The van der Waals surface area contributed by atoms with Crippen LogP contribution in [0.25, 0.3) is 0 Å². The summed E-state index contributed by atoms with van der Waals surface area (Å²) in [4.78, 5) is 27.1. The molecule has 4 rings (SSSR count). The maximum atomic E-state index is 13.1. The molecule has 2 heterocycles. The van der Waals surface area contributed by atoms with Crippen LogP contribution in [0.3, 0.4) is 0 Å². The second kappa shape index (κ2) is 9.41. The maximum Gasteiger partial charge on any atom is 0.291 e. The number of amides is 2. The zero-order valence-electron chi connectivity index (χ0n) is 16.7. The molecule has 2 N–H and O–H groups in total. The topological polar surface area (TPSA) is 74.6 Å². The largest absolute Gasteiger partial charge is 0.459 e. The number of hydrogen-bond donors (Lipinski definition) is 2. The molecule has 0 aliphatic carbocycles. The van der Waals surface area contributed by atoms with Crippen molar-refractivity contribution in [3.05, 3.63) is 89.9 Å². The Labute approximate surface area is 175 Å². The van der Waals surface area contributed by atoms with Crippen LogP contribution in [0.15, 0.2) is 77.4 Å². The Kier molecular flexibility index (Phi) is 6.25. The summed E-state index contributed by atoms with van der Waals surface area (Å²) in [5.41, 5.74) is 2.69. The van der Waals surface area contributed by atoms with Gasteiger partial charge in [-0.05, 0) is 48.2 Å². The molecule has 0 spiro atoms. The van der Waals surface area contributed by atoms with Gasteiger partial charge in [0.25, 0.3) is 5.91 Å². The lowest BCUT2D eigenvalue weighted by atomic mass is 10.0. The molecule has 2 amide bonds. The van der Waals surface area contributed by atoms with Crippen LogP contribution < -0.4 is 10.6 Å². The number of nitrogens with zero attached hydrogens (tertiary/aromatic N) is 1. The molecule has 2 aromatic carbocycles. The van der Waals surface area contributed by atoms with Gasteiger partial charge in [-0.25, -0.2) is 0 Å². The summed E-state index contributed by atoms with van der Waals surface area (Å²) < 4.78 is 5.10. The summed E-state index contributed by atoms with van der Waals surface area (Å²) in [7, 11) is 0. The predicted octanol–water partition coefficient (Wildman–Crippen LogP) is 3.99. The van der Waals surface area contributed by atoms with Gasteiger partial charge in [0.05, 0.1) is 6.26 Å². The third kappa shape index (κ3) is 4.78. The lowest BCUT2D eigenvalue weighted by Crippen LogP contribution is -2.39. The fourth-order valence-corrected chi connectivity index (χ4v) is 3.64. The van der Waals surface area contributed by atoms with E-state index in [1.54, 1.807) is 12.1 Å². The number of hydrogen-bond acceptors (Lipinski definition) is 4. The van der Waals surface area contributed by atoms with Crippen LogP contribution in [0.2, 0.25) is 0 Å². The Morgan fingerprint density at radius 1 is 0.933 bits per heavy atom. The van der Waals surface area contributed by atoms with E-state index >= 15 is 0 Å². The lowest BCUT2D eigenvalue weighted by molar-refractivity contribution is -0.132. The summed E-state index contributed by atoms with van der Waals surface area (Å²) >= 11 is 0. The number of furan rings is 1. The van der Waals surface area contributed by atoms with Crippen LogP contribution in [0.4, 0.5) is 5.69 Å². The van der Waals surface area contributed by atoms with Crippen molar-refractivity contribution in [2.24, 2.45) is 0 Å². The summed E-state index contributed by atoms with van der Waals surface area (Å²) in [5, 5.41) is 6.22. The van der Waals surface area contributed by atoms with E-state index < -0.39 is 0 Å². The predicted molar refractivity (Wildman–Crippen MR) is 115 cm³/mol. The summed E-state index contributed by atoms with van der Waals surface area (Å²) in [6.45, 7) is 2.20. The average Bonchev–Trinajstić information content (AvgIpc) is 3.50. The Balaban J connectivity index is 1.40. The fraction of sp³-hybridized carbons (Fsp3) is 0.250. The van der Waals surface area contributed by atoms with Crippen molar-refractivity contribution in [2.45, 2.75) is 25.4 Å². The first kappa shape index (κ1) is 19.9. The molecule has 6 nitrogen and oxygen atoms in total. The van der Waals surface area contributed by atoms with E-state index in [0.29, 0.717) is 12.2 Å². The zero-order chi connectivity index (χ0) is 20.8. The maximum absolute atomic E-state index is 13.1. The Bertz CT molecular complexity index is 963. The smallest absolute Gasteiger partial charge is 0.291 e. The van der Waals surface area contributed by atoms with Crippen LogP contribution >= 0.6 is 0 Å². The molecule has 154 valence electrons. The normalized spacial score (nSPS) is 14.5. The average molecular weight is 403 g/mol. The van der Waals surface area contributed by atoms with Gasteiger partial charge in [0.2, 0.25) is 5.91 Å². The van der Waals surface area contributed by atoms with Crippen molar-refractivity contribution >= 4 is 17.5 Å². The highest BCUT2D eigenvalue weighted by molar-refractivity contribution is 6.02. The van der Waals surface area contributed by atoms with E-state index in [9.17, 15) is 9.59 Å². The number of rotatable bonds is 7. The van der Waals surface area contributed by atoms with Crippen molar-refractivity contribution in [3.8, 4) is 0 Å². The molecule has 1 saturated heterocycles. The van der Waals surface area contributed by atoms with Gasteiger partial charge >= 0.3 is 0 Å². The molecular formula is C24H25N3O3. The van der Waals surface area contributed by atoms with Gasteiger partial charge in [-0.1, -0.05) is 42.5 Å². The third-order valence-electron chi connectivity index (χ3n) is 5.26. The molecule has 0 bridgehead atoms. The van der Waals surface area contributed by atoms with Crippen molar-refractivity contribution in [1.29, 1.82) is 0 Å². The first-order valence-electron chi connectivity index (χ1n) is 10.2. The van der Waals surface area contributed by atoms with E-state index in [4.69, 9.17) is 4.42 Å². The number of benzene rings is 2. The number of likely N-dealkylation sites (tertiary alicyclic amines) is 1. The van der Waals surface area contributed by atoms with E-state index in [0.717, 1.165) is 37.1 Å². The van der Waals surface area contributed by atoms with Crippen LogP contribution in [0.5, 0.6) is 0 Å². The van der Waals surface area contributed by atoms with Crippen molar-refractivity contribution in [3.63, 3.8) is 0 Å². The quantitative estimate of drug-likeness (QED) is 0.626. The van der Waals surface area contributed by atoms with Crippen LogP contribution in [-0.4, -0.2) is 29.8 Å². The molecule has 0 radical (unpaired) electrons. The summed E-state index contributed by atoms with van der Waals surface area (Å²) in [6.07, 6.45) is 3.60. The molecule has 1 fully saturated rings. The van der Waals surface area contributed by atoms with Crippen LogP contribution in [0.1, 0.15) is 40.6 Å². The zero-order valence-corrected chi connectivity index (χ0v) is 16.7. The van der Waals surface area contributed by atoms with Gasteiger partial charge in [-0.15, -0.1) is 0 Å². The highest BCUT2D eigenvalue weighted by Crippen LogP contribution is 2.20. The summed E-state index contributed by atoms with van der Waals surface area (Å²) in [5.74, 6) is 0.110. The van der Waals surface area contributed by atoms with Gasteiger partial charge in [-0.2, -0.15) is 0 Å². The minimum absolute atomic E-state index is 0.126. The van der Waals surface area contributed by atoms with E-state index in [-0.39, 0.29) is 23.6 Å².